The van der Waals surface area contributed by atoms with Gasteiger partial charge in [-0.15, -0.1) is 0 Å². The molecule has 1 aliphatic rings. The van der Waals surface area contributed by atoms with Gasteiger partial charge in [-0.25, -0.2) is 4.79 Å². The zero-order chi connectivity index (χ0) is 18.2. The smallest absolute Gasteiger partial charge is 0.410 e. The molecule has 138 valence electrons. The summed E-state index contributed by atoms with van der Waals surface area (Å²) in [6, 6.07) is 17.4. The van der Waals surface area contributed by atoms with E-state index in [0.29, 0.717) is 26.2 Å². The summed E-state index contributed by atoms with van der Waals surface area (Å²) in [7, 11) is 0. The third-order valence-corrected chi connectivity index (χ3v) is 4.47. The lowest BCUT2D eigenvalue weighted by molar-refractivity contribution is -0.0271. The Bertz CT molecular complexity index is 694. The highest BCUT2D eigenvalue weighted by Crippen LogP contribution is 2.11. The van der Waals surface area contributed by atoms with Crippen molar-refractivity contribution in [2.24, 2.45) is 0 Å². The van der Waals surface area contributed by atoms with Crippen molar-refractivity contribution in [3.63, 3.8) is 0 Å². The largest absolute Gasteiger partial charge is 0.445 e. The Kier molecular flexibility index (Phi) is 6.89. The maximum absolute atomic E-state index is 12.3. The fourth-order valence-corrected chi connectivity index (χ4v) is 2.92. The van der Waals surface area contributed by atoms with Gasteiger partial charge in [0.1, 0.15) is 6.61 Å². The number of rotatable bonds is 6. The molecule has 3 rings (SSSR count). The number of benzene rings is 2. The van der Waals surface area contributed by atoms with E-state index in [1.54, 1.807) is 4.90 Å². The Morgan fingerprint density at radius 1 is 1.15 bits per heavy atom. The van der Waals surface area contributed by atoms with Crippen molar-refractivity contribution >= 4 is 17.7 Å². The van der Waals surface area contributed by atoms with Crippen LogP contribution in [0.15, 0.2) is 54.6 Å². The van der Waals surface area contributed by atoms with E-state index in [-0.39, 0.29) is 18.8 Å². The van der Waals surface area contributed by atoms with Gasteiger partial charge in [0.2, 0.25) is 0 Å². The van der Waals surface area contributed by atoms with E-state index in [4.69, 9.17) is 21.1 Å². The molecule has 1 N–H and O–H groups in total. The van der Waals surface area contributed by atoms with E-state index < -0.39 is 0 Å². The number of hydrogen-bond acceptors (Lipinski definition) is 4. The average molecular weight is 375 g/mol. The van der Waals surface area contributed by atoms with Gasteiger partial charge in [-0.3, -0.25) is 0 Å². The summed E-state index contributed by atoms with van der Waals surface area (Å²) in [6.45, 7) is 3.30. The second kappa shape index (κ2) is 9.57. The molecule has 0 aromatic heterocycles. The quantitative estimate of drug-likeness (QED) is 0.841. The number of hydrogen-bond donors (Lipinski definition) is 1. The highest BCUT2D eigenvalue weighted by molar-refractivity contribution is 6.30. The topological polar surface area (TPSA) is 50.8 Å². The van der Waals surface area contributed by atoms with Crippen LogP contribution < -0.4 is 5.32 Å². The first-order valence-corrected chi connectivity index (χ1v) is 9.11. The molecule has 1 fully saturated rings. The summed E-state index contributed by atoms with van der Waals surface area (Å²) in [5.74, 6) is 0. The van der Waals surface area contributed by atoms with Crippen molar-refractivity contribution < 1.29 is 14.3 Å². The number of halogens is 1. The molecule has 1 unspecified atom stereocenters. The van der Waals surface area contributed by atoms with Gasteiger partial charge in [-0.2, -0.15) is 0 Å². The van der Waals surface area contributed by atoms with Gasteiger partial charge in [-0.05, 0) is 23.3 Å². The van der Waals surface area contributed by atoms with Crippen molar-refractivity contribution in [1.29, 1.82) is 0 Å². The lowest BCUT2D eigenvalue weighted by Crippen LogP contribution is -2.49. The number of carbonyl (C=O) groups is 1. The number of amides is 1. The van der Waals surface area contributed by atoms with E-state index in [0.717, 1.165) is 22.7 Å². The molecule has 1 saturated heterocycles. The van der Waals surface area contributed by atoms with Gasteiger partial charge in [0.25, 0.3) is 0 Å². The summed E-state index contributed by atoms with van der Waals surface area (Å²) in [5.41, 5.74) is 2.14. The van der Waals surface area contributed by atoms with Crippen LogP contribution in [-0.4, -0.2) is 43.3 Å². The molecule has 0 radical (unpaired) electrons. The maximum Gasteiger partial charge on any atom is 0.410 e. The van der Waals surface area contributed by atoms with E-state index in [1.807, 2.05) is 54.6 Å². The normalized spacial score (nSPS) is 17.1. The van der Waals surface area contributed by atoms with E-state index in [9.17, 15) is 4.79 Å². The third-order valence-electron chi connectivity index (χ3n) is 4.22. The molecule has 2 aromatic rings. The van der Waals surface area contributed by atoms with E-state index in [2.05, 4.69) is 5.32 Å². The Balaban J connectivity index is 1.40. The summed E-state index contributed by atoms with van der Waals surface area (Å²) in [6.07, 6.45) is -0.333. The molecule has 5 nitrogen and oxygen atoms in total. The van der Waals surface area contributed by atoms with Crippen molar-refractivity contribution in [3.05, 3.63) is 70.7 Å². The molecule has 0 spiro atoms. The van der Waals surface area contributed by atoms with Crippen LogP contribution in [0.4, 0.5) is 4.79 Å². The number of nitrogens with zero attached hydrogens (tertiary/aromatic N) is 1. The minimum Gasteiger partial charge on any atom is -0.445 e. The van der Waals surface area contributed by atoms with Crippen LogP contribution in [0.5, 0.6) is 0 Å². The fraction of sp³-hybridized carbons (Fsp3) is 0.350. The van der Waals surface area contributed by atoms with Crippen LogP contribution in [0, 0.1) is 0 Å². The number of nitrogens with one attached hydrogen (secondary N) is 1. The Morgan fingerprint density at radius 2 is 1.92 bits per heavy atom. The Hall–Kier alpha value is -2.08. The lowest BCUT2D eigenvalue weighted by atomic mass is 10.2. The monoisotopic (exact) mass is 374 g/mol. The third kappa shape index (κ3) is 5.73. The van der Waals surface area contributed by atoms with Crippen LogP contribution in [0.2, 0.25) is 5.02 Å². The Morgan fingerprint density at radius 3 is 2.69 bits per heavy atom. The van der Waals surface area contributed by atoms with Crippen molar-refractivity contribution in [3.8, 4) is 0 Å². The second-order valence-electron chi connectivity index (χ2n) is 6.24. The summed E-state index contributed by atoms with van der Waals surface area (Å²) >= 11 is 5.89. The Labute approximate surface area is 158 Å². The van der Waals surface area contributed by atoms with Crippen LogP contribution >= 0.6 is 11.6 Å². The number of morpholine rings is 1. The number of carbonyl (C=O) groups excluding carboxylic acids is 1. The van der Waals surface area contributed by atoms with Crippen molar-refractivity contribution in [2.75, 3.05) is 26.2 Å². The van der Waals surface area contributed by atoms with Gasteiger partial charge in [0.15, 0.2) is 0 Å². The molecular weight excluding hydrogens is 352 g/mol. The molecule has 0 bridgehead atoms. The van der Waals surface area contributed by atoms with Crippen molar-refractivity contribution in [1.82, 2.24) is 10.2 Å². The van der Waals surface area contributed by atoms with Gasteiger partial charge in [0, 0.05) is 24.7 Å². The minimum atomic E-state index is -0.292. The lowest BCUT2D eigenvalue weighted by Gasteiger charge is -2.32. The van der Waals surface area contributed by atoms with Gasteiger partial charge < -0.3 is 19.7 Å². The minimum absolute atomic E-state index is 0.0414. The standard InChI is InChI=1S/C20H23ClN2O3/c21-18-8-6-16(7-9-18)12-22-13-19-14-23(10-11-25-19)20(24)26-15-17-4-2-1-3-5-17/h1-9,19,22H,10-15H2. The molecule has 26 heavy (non-hydrogen) atoms. The molecule has 1 atom stereocenters. The first-order valence-electron chi connectivity index (χ1n) is 8.73. The van der Waals surface area contributed by atoms with Crippen LogP contribution in [-0.2, 0) is 22.6 Å². The number of ether oxygens (including phenoxy) is 2. The van der Waals surface area contributed by atoms with Gasteiger partial charge in [0.05, 0.1) is 19.3 Å². The van der Waals surface area contributed by atoms with E-state index >= 15 is 0 Å². The van der Waals surface area contributed by atoms with Crippen LogP contribution in [0.1, 0.15) is 11.1 Å². The zero-order valence-electron chi connectivity index (χ0n) is 14.6. The molecule has 0 aliphatic carbocycles. The first-order chi connectivity index (χ1) is 12.7. The van der Waals surface area contributed by atoms with Crippen LogP contribution in [0.25, 0.3) is 0 Å². The van der Waals surface area contributed by atoms with Crippen LogP contribution in [0.3, 0.4) is 0 Å². The zero-order valence-corrected chi connectivity index (χ0v) is 15.3. The summed E-state index contributed by atoms with van der Waals surface area (Å²) in [5, 5.41) is 4.09. The fourth-order valence-electron chi connectivity index (χ4n) is 2.80. The second-order valence-corrected chi connectivity index (χ2v) is 6.67. The molecule has 0 saturated carbocycles. The predicted octanol–water partition coefficient (Wildman–Crippen LogP) is 3.47. The highest BCUT2D eigenvalue weighted by Gasteiger charge is 2.25. The van der Waals surface area contributed by atoms with Gasteiger partial charge >= 0.3 is 6.09 Å². The molecule has 1 amide bonds. The predicted molar refractivity (Wildman–Crippen MR) is 101 cm³/mol. The molecule has 6 heteroatoms. The first kappa shape index (κ1) is 18.7. The SMILES string of the molecule is O=C(OCc1ccccc1)N1CCOC(CNCc2ccc(Cl)cc2)C1. The molecule has 1 aliphatic heterocycles. The van der Waals surface area contributed by atoms with Gasteiger partial charge in [-0.1, -0.05) is 54.1 Å². The average Bonchev–Trinajstić information content (AvgIpc) is 2.69. The summed E-state index contributed by atoms with van der Waals surface area (Å²) < 4.78 is 11.1. The highest BCUT2D eigenvalue weighted by atomic mass is 35.5. The molecular formula is C20H23ClN2O3. The maximum atomic E-state index is 12.3. The summed E-state index contributed by atoms with van der Waals surface area (Å²) in [4.78, 5) is 14.0. The van der Waals surface area contributed by atoms with E-state index in [1.165, 1.54) is 0 Å². The molecule has 2 aromatic carbocycles. The molecule has 1 heterocycles. The van der Waals surface area contributed by atoms with Crippen molar-refractivity contribution in [2.45, 2.75) is 19.3 Å².